The molecule has 0 saturated carbocycles. The molecule has 2 aromatic rings. The third-order valence-electron chi connectivity index (χ3n) is 5.75. The van der Waals surface area contributed by atoms with E-state index in [1.165, 1.54) is 6.26 Å². The highest BCUT2D eigenvalue weighted by Crippen LogP contribution is 2.17. The molecule has 2 aliphatic rings. The van der Waals surface area contributed by atoms with Crippen LogP contribution in [0.5, 0.6) is 0 Å². The second kappa shape index (κ2) is 10.1. The summed E-state index contributed by atoms with van der Waals surface area (Å²) in [5.74, 6) is 0.432. The molecule has 2 aliphatic heterocycles. The fourth-order valence-electron chi connectivity index (χ4n) is 4.01. The van der Waals surface area contributed by atoms with Gasteiger partial charge in [0.25, 0.3) is 5.91 Å². The fraction of sp³-hybridized carbons (Fsp3) is 0.591. The highest BCUT2D eigenvalue weighted by atomic mass is 16.5. The molecule has 0 spiro atoms. The van der Waals surface area contributed by atoms with Gasteiger partial charge < -0.3 is 28.3 Å². The smallest absolute Gasteiger partial charge is 0.275 e. The monoisotopic (exact) mass is 430 g/mol. The summed E-state index contributed by atoms with van der Waals surface area (Å²) in [6.45, 7) is 6.36. The van der Waals surface area contributed by atoms with Crippen molar-refractivity contribution in [3.05, 3.63) is 41.9 Å². The van der Waals surface area contributed by atoms with Gasteiger partial charge >= 0.3 is 0 Å². The van der Waals surface area contributed by atoms with Crippen LogP contribution in [0.1, 0.15) is 48.3 Å². The van der Waals surface area contributed by atoms with Gasteiger partial charge in [-0.15, -0.1) is 0 Å². The maximum atomic E-state index is 12.6. The minimum absolute atomic E-state index is 0.109. The van der Waals surface area contributed by atoms with Gasteiger partial charge in [-0.25, -0.2) is 4.98 Å². The minimum atomic E-state index is -0.137. The third kappa shape index (κ3) is 5.34. The number of aromatic nitrogens is 2. The summed E-state index contributed by atoms with van der Waals surface area (Å²) in [6, 6.07) is 3.94. The van der Waals surface area contributed by atoms with Crippen molar-refractivity contribution in [1.82, 2.24) is 19.4 Å². The van der Waals surface area contributed by atoms with E-state index in [1.54, 1.807) is 4.90 Å². The van der Waals surface area contributed by atoms with E-state index in [4.69, 9.17) is 13.9 Å². The zero-order chi connectivity index (χ0) is 21.6. The number of amides is 2. The molecule has 2 saturated heterocycles. The Morgan fingerprint density at radius 2 is 2.10 bits per heavy atom. The van der Waals surface area contributed by atoms with Crippen LogP contribution in [0.2, 0.25) is 0 Å². The lowest BCUT2D eigenvalue weighted by Gasteiger charge is -2.26. The number of nitrogens with zero attached hydrogens (tertiary/aromatic N) is 4. The number of ether oxygens (including phenoxy) is 2. The number of rotatable bonds is 8. The zero-order valence-corrected chi connectivity index (χ0v) is 18.0. The van der Waals surface area contributed by atoms with Crippen molar-refractivity contribution in [2.24, 2.45) is 0 Å². The molecule has 2 amide bonds. The molecule has 4 heterocycles. The van der Waals surface area contributed by atoms with Gasteiger partial charge in [0.05, 0.1) is 32.4 Å². The average molecular weight is 431 g/mol. The molecule has 0 aromatic carbocycles. The molecule has 1 unspecified atom stereocenters. The van der Waals surface area contributed by atoms with Crippen molar-refractivity contribution in [3.63, 3.8) is 0 Å². The van der Waals surface area contributed by atoms with Crippen molar-refractivity contribution in [3.8, 4) is 0 Å². The third-order valence-corrected chi connectivity index (χ3v) is 5.75. The summed E-state index contributed by atoms with van der Waals surface area (Å²) in [4.78, 5) is 33.1. The molecule has 0 aliphatic carbocycles. The number of carbonyl (C=O) groups excluding carboxylic acids is 2. The lowest BCUT2D eigenvalue weighted by Crippen LogP contribution is -2.40. The lowest BCUT2D eigenvalue weighted by atomic mass is 10.2. The first-order chi connectivity index (χ1) is 15.1. The first-order valence-electron chi connectivity index (χ1n) is 11.0. The molecular formula is C22H30N4O5. The Bertz CT molecular complexity index is 880. The lowest BCUT2D eigenvalue weighted by molar-refractivity contribution is -0.133. The SMILES string of the molecule is CCC(=O)N(Cc1cccn1Cc1nc(C(=O)N2CCOCC2)co1)CC1CCCO1. The second-order valence-electron chi connectivity index (χ2n) is 7.92. The summed E-state index contributed by atoms with van der Waals surface area (Å²) in [5, 5.41) is 0. The number of hydrogen-bond acceptors (Lipinski definition) is 6. The van der Waals surface area contributed by atoms with Gasteiger partial charge in [0.2, 0.25) is 11.8 Å². The number of morpholine rings is 1. The Hall–Kier alpha value is -2.65. The quantitative estimate of drug-likeness (QED) is 0.636. The van der Waals surface area contributed by atoms with Crippen molar-refractivity contribution in [2.75, 3.05) is 39.5 Å². The molecule has 4 rings (SSSR count). The molecule has 0 radical (unpaired) electrons. The maximum Gasteiger partial charge on any atom is 0.275 e. The van der Waals surface area contributed by atoms with Gasteiger partial charge in [-0.2, -0.15) is 0 Å². The van der Waals surface area contributed by atoms with Crippen LogP contribution in [-0.4, -0.2) is 76.7 Å². The Morgan fingerprint density at radius 1 is 1.26 bits per heavy atom. The summed E-state index contributed by atoms with van der Waals surface area (Å²) >= 11 is 0. The van der Waals surface area contributed by atoms with E-state index >= 15 is 0 Å². The van der Waals surface area contributed by atoms with Crippen LogP contribution in [0.4, 0.5) is 0 Å². The van der Waals surface area contributed by atoms with Crippen LogP contribution in [0, 0.1) is 0 Å². The number of oxazole rings is 1. The Kier molecular flexibility index (Phi) is 7.03. The van der Waals surface area contributed by atoms with Crippen molar-refractivity contribution in [1.29, 1.82) is 0 Å². The first-order valence-corrected chi connectivity index (χ1v) is 11.0. The van der Waals surface area contributed by atoms with Gasteiger partial charge in [-0.3, -0.25) is 9.59 Å². The molecule has 1 atom stereocenters. The fourth-order valence-corrected chi connectivity index (χ4v) is 4.01. The Morgan fingerprint density at radius 3 is 2.84 bits per heavy atom. The van der Waals surface area contributed by atoms with Gasteiger partial charge in [-0.05, 0) is 25.0 Å². The maximum absolute atomic E-state index is 12.6. The van der Waals surface area contributed by atoms with E-state index in [1.807, 2.05) is 34.7 Å². The molecular weight excluding hydrogens is 400 g/mol. The normalized spacial score (nSPS) is 19.0. The predicted octanol–water partition coefficient (Wildman–Crippen LogP) is 1.91. The first kappa shape index (κ1) is 21.6. The van der Waals surface area contributed by atoms with E-state index in [9.17, 15) is 9.59 Å². The van der Waals surface area contributed by atoms with Crippen LogP contribution in [0.25, 0.3) is 0 Å². The zero-order valence-electron chi connectivity index (χ0n) is 18.0. The minimum Gasteiger partial charge on any atom is -0.446 e. The molecule has 2 fully saturated rings. The van der Waals surface area contributed by atoms with E-state index in [0.29, 0.717) is 63.9 Å². The van der Waals surface area contributed by atoms with E-state index in [0.717, 1.165) is 25.1 Å². The molecule has 9 nitrogen and oxygen atoms in total. The van der Waals surface area contributed by atoms with Gasteiger partial charge in [-0.1, -0.05) is 6.92 Å². The van der Waals surface area contributed by atoms with Gasteiger partial charge in [0.15, 0.2) is 5.69 Å². The number of carbonyl (C=O) groups is 2. The molecule has 9 heteroatoms. The topological polar surface area (TPSA) is 90.0 Å². The summed E-state index contributed by atoms with van der Waals surface area (Å²) in [5.41, 5.74) is 1.30. The van der Waals surface area contributed by atoms with Crippen LogP contribution in [-0.2, 0) is 27.4 Å². The molecule has 31 heavy (non-hydrogen) atoms. The van der Waals surface area contributed by atoms with Crippen molar-refractivity contribution < 1.29 is 23.5 Å². The largest absolute Gasteiger partial charge is 0.446 e. The van der Waals surface area contributed by atoms with Crippen molar-refractivity contribution in [2.45, 2.75) is 45.4 Å². The molecule has 0 N–H and O–H groups in total. The van der Waals surface area contributed by atoms with Crippen molar-refractivity contribution >= 4 is 11.8 Å². The van der Waals surface area contributed by atoms with E-state index < -0.39 is 0 Å². The Labute approximate surface area is 181 Å². The van der Waals surface area contributed by atoms with Crippen LogP contribution < -0.4 is 0 Å². The van der Waals surface area contributed by atoms with E-state index in [-0.39, 0.29) is 17.9 Å². The summed E-state index contributed by atoms with van der Waals surface area (Å²) < 4.78 is 18.6. The molecule has 168 valence electrons. The summed E-state index contributed by atoms with van der Waals surface area (Å²) in [7, 11) is 0. The highest BCUT2D eigenvalue weighted by Gasteiger charge is 2.24. The standard InChI is InChI=1S/C22H30N4O5/c1-2-21(27)26(14-18-6-4-10-30-18)13-17-5-3-7-25(17)15-20-23-19(16-31-20)22(28)24-8-11-29-12-9-24/h3,5,7,16,18H,2,4,6,8-15H2,1H3. The Balaban J connectivity index is 1.41. The predicted molar refractivity (Wildman–Crippen MR) is 111 cm³/mol. The van der Waals surface area contributed by atoms with Gasteiger partial charge in [0, 0.05) is 44.6 Å². The second-order valence-corrected chi connectivity index (χ2v) is 7.92. The van der Waals surface area contributed by atoms with E-state index in [2.05, 4.69) is 4.98 Å². The molecule has 0 bridgehead atoms. The average Bonchev–Trinajstić information content (AvgIpc) is 3.56. The number of hydrogen-bond donors (Lipinski definition) is 0. The summed E-state index contributed by atoms with van der Waals surface area (Å²) in [6.07, 6.45) is 5.96. The molecule has 2 aromatic heterocycles. The van der Waals surface area contributed by atoms with Crippen LogP contribution >= 0.6 is 0 Å². The van der Waals surface area contributed by atoms with Crippen LogP contribution in [0.15, 0.2) is 29.0 Å². The van der Waals surface area contributed by atoms with Crippen LogP contribution in [0.3, 0.4) is 0 Å². The highest BCUT2D eigenvalue weighted by molar-refractivity contribution is 5.92. The van der Waals surface area contributed by atoms with Gasteiger partial charge in [0.1, 0.15) is 6.26 Å².